The molecule has 0 spiro atoms. The second kappa shape index (κ2) is 3.40. The molecule has 0 saturated carbocycles. The molecule has 0 aliphatic rings. The van der Waals surface area contributed by atoms with E-state index >= 15 is 0 Å². The lowest BCUT2D eigenvalue weighted by atomic mass is 9.90. The third-order valence-corrected chi connectivity index (χ3v) is 2.45. The van der Waals surface area contributed by atoms with Gasteiger partial charge in [-0.2, -0.15) is 0 Å². The van der Waals surface area contributed by atoms with Crippen LogP contribution in [0.3, 0.4) is 0 Å². The Bertz CT molecular complexity index is 549. The summed E-state index contributed by atoms with van der Waals surface area (Å²) in [6.07, 6.45) is 3.50. The van der Waals surface area contributed by atoms with Crippen LogP contribution in [0.5, 0.6) is 0 Å². The maximum absolute atomic E-state index is 11.7. The number of ketones is 1. The topological polar surface area (TPSA) is 47.3 Å². The van der Waals surface area contributed by atoms with Gasteiger partial charge in [0, 0.05) is 24.7 Å². The Morgan fingerprint density at radius 2 is 2.06 bits per heavy atom. The van der Waals surface area contributed by atoms with Gasteiger partial charge in [0.15, 0.2) is 5.78 Å². The van der Waals surface area contributed by atoms with Gasteiger partial charge in [-0.15, -0.1) is 0 Å². The van der Waals surface area contributed by atoms with Crippen molar-refractivity contribution in [3.05, 3.63) is 29.8 Å². The number of fused-ring (bicyclic) bond motifs is 1. The summed E-state index contributed by atoms with van der Waals surface area (Å²) in [5, 5.41) is 0. The highest BCUT2D eigenvalue weighted by Gasteiger charge is 2.26. The molecule has 0 N–H and O–H groups in total. The number of hydrogen-bond donors (Lipinski definition) is 0. The van der Waals surface area contributed by atoms with Crippen molar-refractivity contribution in [2.24, 2.45) is 0 Å². The molecule has 4 nitrogen and oxygen atoms in total. The van der Waals surface area contributed by atoms with Crippen LogP contribution in [0.2, 0.25) is 0 Å². The predicted molar refractivity (Wildman–Crippen MR) is 61.7 cm³/mol. The lowest BCUT2D eigenvalue weighted by molar-refractivity contribution is 0.101. The van der Waals surface area contributed by atoms with Gasteiger partial charge < -0.3 is 0 Å². The van der Waals surface area contributed by atoms with Gasteiger partial charge in [-0.1, -0.05) is 20.8 Å². The van der Waals surface area contributed by atoms with Crippen molar-refractivity contribution in [1.82, 2.24) is 14.4 Å². The lowest BCUT2D eigenvalue weighted by Gasteiger charge is -2.16. The Balaban J connectivity index is 2.84. The van der Waals surface area contributed by atoms with Gasteiger partial charge >= 0.3 is 0 Å². The van der Waals surface area contributed by atoms with Crippen LogP contribution in [0.4, 0.5) is 0 Å². The fourth-order valence-electron chi connectivity index (χ4n) is 1.75. The summed E-state index contributed by atoms with van der Waals surface area (Å²) in [6.45, 7) is 7.69. The van der Waals surface area contributed by atoms with Crippen molar-refractivity contribution in [2.75, 3.05) is 0 Å². The molecule has 0 saturated heterocycles. The summed E-state index contributed by atoms with van der Waals surface area (Å²) >= 11 is 0. The minimum atomic E-state index is -0.158. The smallest absolute Gasteiger partial charge is 0.234 e. The average Bonchev–Trinajstić information content (AvgIpc) is 2.55. The molecule has 4 heteroatoms. The molecular formula is C12H15N3O. The van der Waals surface area contributed by atoms with E-state index in [9.17, 15) is 4.79 Å². The molecule has 0 fully saturated rings. The highest BCUT2D eigenvalue weighted by molar-refractivity contribution is 5.94. The summed E-state index contributed by atoms with van der Waals surface area (Å²) in [4.78, 5) is 20.3. The molecule has 0 atom stereocenters. The maximum Gasteiger partial charge on any atom is 0.234 e. The maximum atomic E-state index is 11.7. The van der Waals surface area contributed by atoms with Crippen LogP contribution in [0.25, 0.3) is 5.78 Å². The number of rotatable bonds is 1. The fraction of sp³-hybridized carbons (Fsp3) is 0.417. The van der Waals surface area contributed by atoms with Crippen LogP contribution < -0.4 is 0 Å². The van der Waals surface area contributed by atoms with E-state index in [0.29, 0.717) is 11.5 Å². The number of aromatic nitrogens is 3. The van der Waals surface area contributed by atoms with Crippen LogP contribution in [0, 0.1) is 0 Å². The third-order valence-electron chi connectivity index (χ3n) is 2.45. The Labute approximate surface area is 94.3 Å². The normalized spacial score (nSPS) is 12.0. The first-order valence-corrected chi connectivity index (χ1v) is 5.26. The summed E-state index contributed by atoms with van der Waals surface area (Å²) in [7, 11) is 0. The third kappa shape index (κ3) is 1.60. The lowest BCUT2D eigenvalue weighted by Crippen LogP contribution is -2.16. The van der Waals surface area contributed by atoms with E-state index in [-0.39, 0.29) is 11.2 Å². The summed E-state index contributed by atoms with van der Waals surface area (Å²) in [5.41, 5.74) is 1.28. The summed E-state index contributed by atoms with van der Waals surface area (Å²) in [5.74, 6) is 0.600. The zero-order valence-electron chi connectivity index (χ0n) is 9.98. The Hall–Kier alpha value is -1.71. The molecule has 2 aromatic heterocycles. The first-order chi connectivity index (χ1) is 7.41. The zero-order chi connectivity index (χ0) is 11.9. The summed E-state index contributed by atoms with van der Waals surface area (Å²) in [6, 6.07) is 1.80. The largest absolute Gasteiger partial charge is 0.293 e. The molecular weight excluding hydrogens is 202 g/mol. The van der Waals surface area contributed by atoms with Crippen LogP contribution in [-0.4, -0.2) is 20.2 Å². The first-order valence-electron chi connectivity index (χ1n) is 5.26. The Morgan fingerprint density at radius 3 is 2.62 bits per heavy atom. The number of imidazole rings is 1. The SMILES string of the molecule is CC(=O)c1c(C(C)(C)C)nc2ncccn12. The minimum Gasteiger partial charge on any atom is -0.293 e. The first kappa shape index (κ1) is 10.8. The van der Waals surface area contributed by atoms with Gasteiger partial charge in [-0.3, -0.25) is 9.20 Å². The van der Waals surface area contributed by atoms with Crippen molar-refractivity contribution in [3.8, 4) is 0 Å². The second-order valence-corrected chi connectivity index (χ2v) is 4.90. The van der Waals surface area contributed by atoms with Gasteiger partial charge in [0.05, 0.1) is 5.69 Å². The number of carbonyl (C=O) groups excluding carboxylic acids is 1. The average molecular weight is 217 g/mol. The van der Waals surface area contributed by atoms with E-state index < -0.39 is 0 Å². The molecule has 2 rings (SSSR count). The molecule has 0 bridgehead atoms. The highest BCUT2D eigenvalue weighted by atomic mass is 16.1. The van der Waals surface area contributed by atoms with E-state index in [0.717, 1.165) is 5.69 Å². The monoisotopic (exact) mass is 217 g/mol. The van der Waals surface area contributed by atoms with Crippen LogP contribution in [0.15, 0.2) is 18.5 Å². The highest BCUT2D eigenvalue weighted by Crippen LogP contribution is 2.25. The molecule has 0 aromatic carbocycles. The molecule has 0 amide bonds. The van der Waals surface area contributed by atoms with Crippen LogP contribution in [-0.2, 0) is 5.41 Å². The van der Waals surface area contributed by atoms with E-state index in [1.165, 1.54) is 0 Å². The Morgan fingerprint density at radius 1 is 1.38 bits per heavy atom. The van der Waals surface area contributed by atoms with E-state index in [1.807, 2.05) is 27.0 Å². The van der Waals surface area contributed by atoms with Crippen molar-refractivity contribution < 1.29 is 4.79 Å². The molecule has 0 radical (unpaired) electrons. The molecule has 16 heavy (non-hydrogen) atoms. The number of Topliss-reactive ketones (excluding diaryl/α,β-unsaturated/α-hetero) is 1. The molecule has 84 valence electrons. The van der Waals surface area contributed by atoms with Crippen LogP contribution >= 0.6 is 0 Å². The van der Waals surface area contributed by atoms with Crippen molar-refractivity contribution in [2.45, 2.75) is 33.1 Å². The second-order valence-electron chi connectivity index (χ2n) is 4.90. The van der Waals surface area contributed by atoms with Gasteiger partial charge in [0.2, 0.25) is 5.78 Å². The van der Waals surface area contributed by atoms with Gasteiger partial charge in [0.25, 0.3) is 0 Å². The number of nitrogens with zero attached hydrogens (tertiary/aromatic N) is 3. The fourth-order valence-corrected chi connectivity index (χ4v) is 1.75. The standard InChI is InChI=1S/C12H15N3O/c1-8(16)9-10(12(2,3)4)14-11-13-6-5-7-15(9)11/h5-7H,1-4H3. The number of hydrogen-bond acceptors (Lipinski definition) is 3. The van der Waals surface area contributed by atoms with E-state index in [2.05, 4.69) is 9.97 Å². The summed E-state index contributed by atoms with van der Waals surface area (Å²) < 4.78 is 1.75. The molecule has 0 unspecified atom stereocenters. The zero-order valence-corrected chi connectivity index (χ0v) is 9.98. The number of carbonyl (C=O) groups is 1. The molecule has 2 aromatic rings. The quantitative estimate of drug-likeness (QED) is 0.688. The van der Waals surface area contributed by atoms with Crippen molar-refractivity contribution >= 4 is 11.6 Å². The van der Waals surface area contributed by atoms with Crippen molar-refractivity contribution in [1.29, 1.82) is 0 Å². The Kier molecular flexibility index (Phi) is 2.30. The molecule has 2 heterocycles. The predicted octanol–water partition coefficient (Wildman–Crippen LogP) is 2.23. The van der Waals surface area contributed by atoms with E-state index in [4.69, 9.17) is 0 Å². The minimum absolute atomic E-state index is 0.0189. The van der Waals surface area contributed by atoms with Crippen LogP contribution in [0.1, 0.15) is 43.9 Å². The molecule has 0 aliphatic heterocycles. The van der Waals surface area contributed by atoms with Crippen molar-refractivity contribution in [3.63, 3.8) is 0 Å². The molecule has 0 aliphatic carbocycles. The van der Waals surface area contributed by atoms with Gasteiger partial charge in [0.1, 0.15) is 5.69 Å². The van der Waals surface area contributed by atoms with Gasteiger partial charge in [-0.05, 0) is 6.07 Å². The van der Waals surface area contributed by atoms with Gasteiger partial charge in [-0.25, -0.2) is 9.97 Å². The van der Waals surface area contributed by atoms with E-state index in [1.54, 1.807) is 23.6 Å².